The zero-order valence-electron chi connectivity index (χ0n) is 8.41. The first-order valence-electron chi connectivity index (χ1n) is 5.42. The van der Waals surface area contributed by atoms with Gasteiger partial charge in [0.2, 0.25) is 5.89 Å². The van der Waals surface area contributed by atoms with Gasteiger partial charge in [-0.05, 0) is 25.8 Å². The van der Waals surface area contributed by atoms with Crippen LogP contribution in [0.4, 0.5) is 0 Å². The van der Waals surface area contributed by atoms with Gasteiger partial charge in [-0.25, -0.2) is 0 Å². The molecule has 1 aromatic heterocycles. The van der Waals surface area contributed by atoms with E-state index in [1.54, 1.807) is 0 Å². The molecule has 2 rings (SSSR count). The third-order valence-corrected chi connectivity index (χ3v) is 2.79. The summed E-state index contributed by atoms with van der Waals surface area (Å²) >= 11 is 0. The van der Waals surface area contributed by atoms with Crippen molar-refractivity contribution in [3.63, 3.8) is 0 Å². The molecule has 0 bridgehead atoms. The van der Waals surface area contributed by atoms with E-state index in [0.717, 1.165) is 24.6 Å². The Morgan fingerprint density at radius 3 is 2.86 bits per heavy atom. The smallest absolute Gasteiger partial charge is 0.229 e. The van der Waals surface area contributed by atoms with Crippen molar-refractivity contribution in [2.45, 2.75) is 44.4 Å². The molecule has 0 spiro atoms. The Hall–Kier alpha value is -0.900. The molecule has 78 valence electrons. The van der Waals surface area contributed by atoms with E-state index >= 15 is 0 Å². The van der Waals surface area contributed by atoms with Crippen molar-refractivity contribution < 1.29 is 4.52 Å². The number of nitrogens with zero attached hydrogens (tertiary/aromatic N) is 2. The van der Waals surface area contributed by atoms with Crippen molar-refractivity contribution in [2.24, 2.45) is 5.73 Å². The maximum absolute atomic E-state index is 5.42. The molecular weight excluding hydrogens is 178 g/mol. The van der Waals surface area contributed by atoms with Gasteiger partial charge in [0.05, 0.1) is 0 Å². The van der Waals surface area contributed by atoms with Crippen molar-refractivity contribution in [2.75, 3.05) is 6.54 Å². The second-order valence-corrected chi connectivity index (χ2v) is 3.92. The van der Waals surface area contributed by atoms with Crippen molar-refractivity contribution in [1.29, 1.82) is 0 Å². The molecule has 14 heavy (non-hydrogen) atoms. The highest BCUT2D eigenvalue weighted by Crippen LogP contribution is 2.32. The lowest BCUT2D eigenvalue weighted by Gasteiger charge is -1.99. The van der Waals surface area contributed by atoms with E-state index in [9.17, 15) is 0 Å². The van der Waals surface area contributed by atoms with Crippen molar-refractivity contribution >= 4 is 0 Å². The second-order valence-electron chi connectivity index (χ2n) is 3.92. The largest absolute Gasteiger partial charge is 0.339 e. The first-order valence-corrected chi connectivity index (χ1v) is 5.42. The summed E-state index contributed by atoms with van der Waals surface area (Å²) in [4.78, 5) is 4.40. The van der Waals surface area contributed by atoms with Gasteiger partial charge in [0.1, 0.15) is 0 Å². The molecule has 0 aromatic carbocycles. The highest BCUT2D eigenvalue weighted by molar-refractivity contribution is 4.96. The standard InChI is InChI=1S/C10H17N3O/c11-7-3-6-9-12-10(14-13-9)8-4-1-2-5-8/h8H,1-7,11H2. The SMILES string of the molecule is NCCCc1noc(C2CCCC2)n1. The first-order chi connectivity index (χ1) is 6.90. The van der Waals surface area contributed by atoms with Crippen LogP contribution in [-0.4, -0.2) is 16.7 Å². The van der Waals surface area contributed by atoms with Gasteiger partial charge < -0.3 is 10.3 Å². The highest BCUT2D eigenvalue weighted by atomic mass is 16.5. The molecule has 1 aliphatic rings. The zero-order valence-corrected chi connectivity index (χ0v) is 8.41. The molecule has 0 aliphatic heterocycles. The molecule has 4 nitrogen and oxygen atoms in total. The van der Waals surface area contributed by atoms with Crippen LogP contribution in [0.2, 0.25) is 0 Å². The molecule has 1 heterocycles. The number of aromatic nitrogens is 2. The second kappa shape index (κ2) is 4.55. The van der Waals surface area contributed by atoms with Gasteiger partial charge in [0.25, 0.3) is 0 Å². The predicted molar refractivity (Wildman–Crippen MR) is 52.9 cm³/mol. The molecule has 2 N–H and O–H groups in total. The summed E-state index contributed by atoms with van der Waals surface area (Å²) in [6, 6.07) is 0. The number of rotatable bonds is 4. The van der Waals surface area contributed by atoms with Crippen LogP contribution in [0, 0.1) is 0 Å². The Morgan fingerprint density at radius 2 is 2.14 bits per heavy atom. The summed E-state index contributed by atoms with van der Waals surface area (Å²) in [6.07, 6.45) is 6.78. The van der Waals surface area contributed by atoms with Crippen molar-refractivity contribution in [3.05, 3.63) is 11.7 Å². The summed E-state index contributed by atoms with van der Waals surface area (Å²) in [7, 11) is 0. The first kappa shape index (κ1) is 9.65. The lowest BCUT2D eigenvalue weighted by molar-refractivity contribution is 0.350. The maximum Gasteiger partial charge on any atom is 0.229 e. The highest BCUT2D eigenvalue weighted by Gasteiger charge is 2.22. The molecule has 0 saturated heterocycles. The fourth-order valence-electron chi connectivity index (χ4n) is 1.97. The minimum Gasteiger partial charge on any atom is -0.339 e. The summed E-state index contributed by atoms with van der Waals surface area (Å²) in [5, 5.41) is 3.96. The average molecular weight is 195 g/mol. The fourth-order valence-corrected chi connectivity index (χ4v) is 1.97. The van der Waals surface area contributed by atoms with E-state index < -0.39 is 0 Å². The molecule has 1 fully saturated rings. The van der Waals surface area contributed by atoms with Crippen LogP contribution < -0.4 is 5.73 Å². The van der Waals surface area contributed by atoms with E-state index in [1.807, 2.05) is 0 Å². The molecule has 1 saturated carbocycles. The van der Waals surface area contributed by atoms with Crippen molar-refractivity contribution in [1.82, 2.24) is 10.1 Å². The third kappa shape index (κ3) is 2.12. The van der Waals surface area contributed by atoms with E-state index in [2.05, 4.69) is 10.1 Å². The number of hydrogen-bond acceptors (Lipinski definition) is 4. The van der Waals surface area contributed by atoms with Gasteiger partial charge in [-0.2, -0.15) is 4.98 Å². The van der Waals surface area contributed by atoms with Crippen LogP contribution in [0.25, 0.3) is 0 Å². The molecular formula is C10H17N3O. The maximum atomic E-state index is 5.42. The Bertz CT molecular complexity index is 279. The Labute approximate surface area is 83.9 Å². The van der Waals surface area contributed by atoms with Gasteiger partial charge in [0, 0.05) is 12.3 Å². The Kier molecular flexibility index (Phi) is 3.14. The van der Waals surface area contributed by atoms with Gasteiger partial charge in [-0.1, -0.05) is 18.0 Å². The minimum atomic E-state index is 0.522. The molecule has 0 radical (unpaired) electrons. The van der Waals surface area contributed by atoms with E-state index in [1.165, 1.54) is 25.7 Å². The molecule has 1 aliphatic carbocycles. The monoisotopic (exact) mass is 195 g/mol. The summed E-state index contributed by atoms with van der Waals surface area (Å²) in [5.74, 6) is 2.18. The van der Waals surface area contributed by atoms with Crippen LogP contribution in [-0.2, 0) is 6.42 Å². The van der Waals surface area contributed by atoms with Crippen LogP contribution >= 0.6 is 0 Å². The van der Waals surface area contributed by atoms with Crippen LogP contribution in [0.1, 0.15) is 49.7 Å². The average Bonchev–Trinajstić information content (AvgIpc) is 2.85. The number of aryl methyl sites for hydroxylation is 1. The molecule has 1 aromatic rings. The summed E-state index contributed by atoms with van der Waals surface area (Å²) in [6.45, 7) is 0.688. The Morgan fingerprint density at radius 1 is 1.36 bits per heavy atom. The number of hydrogen-bond donors (Lipinski definition) is 1. The van der Waals surface area contributed by atoms with Crippen LogP contribution in [0.15, 0.2) is 4.52 Å². The predicted octanol–water partition coefficient (Wildman–Crippen LogP) is 1.62. The molecule has 0 amide bonds. The Balaban J connectivity index is 1.94. The summed E-state index contributed by atoms with van der Waals surface area (Å²) < 4.78 is 5.24. The number of nitrogens with two attached hydrogens (primary N) is 1. The normalized spacial score (nSPS) is 17.8. The molecule has 4 heteroatoms. The zero-order chi connectivity index (χ0) is 9.80. The third-order valence-electron chi connectivity index (χ3n) is 2.79. The topological polar surface area (TPSA) is 64.9 Å². The van der Waals surface area contributed by atoms with Gasteiger partial charge in [-0.15, -0.1) is 0 Å². The lowest BCUT2D eigenvalue weighted by Crippen LogP contribution is -2.01. The molecule has 0 unspecified atom stereocenters. The van der Waals surface area contributed by atoms with Gasteiger partial charge in [0.15, 0.2) is 5.82 Å². The molecule has 0 atom stereocenters. The van der Waals surface area contributed by atoms with Gasteiger partial charge in [-0.3, -0.25) is 0 Å². The van der Waals surface area contributed by atoms with E-state index in [-0.39, 0.29) is 0 Å². The summed E-state index contributed by atoms with van der Waals surface area (Å²) in [5.41, 5.74) is 5.42. The minimum absolute atomic E-state index is 0.522. The quantitative estimate of drug-likeness (QED) is 0.792. The van der Waals surface area contributed by atoms with Crippen molar-refractivity contribution in [3.8, 4) is 0 Å². The lowest BCUT2D eigenvalue weighted by atomic mass is 10.1. The van der Waals surface area contributed by atoms with Crippen LogP contribution in [0.5, 0.6) is 0 Å². The van der Waals surface area contributed by atoms with Gasteiger partial charge >= 0.3 is 0 Å². The van der Waals surface area contributed by atoms with E-state index in [0.29, 0.717) is 12.5 Å². The fraction of sp³-hybridized carbons (Fsp3) is 0.800. The van der Waals surface area contributed by atoms with E-state index in [4.69, 9.17) is 10.3 Å². The van der Waals surface area contributed by atoms with Crippen LogP contribution in [0.3, 0.4) is 0 Å².